The van der Waals surface area contributed by atoms with Gasteiger partial charge in [0.05, 0.1) is 51.8 Å². The van der Waals surface area contributed by atoms with Crippen LogP contribution in [0.3, 0.4) is 0 Å². The van der Waals surface area contributed by atoms with E-state index in [1.165, 1.54) is 63.9 Å². The molecule has 0 bridgehead atoms. The van der Waals surface area contributed by atoms with Gasteiger partial charge in [-0.05, 0) is 191 Å². The predicted octanol–water partition coefficient (Wildman–Crippen LogP) is 15.9. The molecule has 0 spiro atoms. The second-order valence-corrected chi connectivity index (χ2v) is 27.1. The van der Waals surface area contributed by atoms with Gasteiger partial charge in [0.1, 0.15) is 49.1 Å². The van der Waals surface area contributed by atoms with Crippen LogP contribution < -0.4 is 9.47 Å². The summed E-state index contributed by atoms with van der Waals surface area (Å²) in [5, 5.41) is 0. The number of ether oxygens (including phenoxy) is 8. The van der Waals surface area contributed by atoms with Gasteiger partial charge in [0.15, 0.2) is 6.10 Å². The maximum Gasteiger partial charge on any atom is 0.338 e. The highest BCUT2D eigenvalue weighted by molar-refractivity contribution is 5.89. The summed E-state index contributed by atoms with van der Waals surface area (Å²) in [6, 6.07) is 14.5. The number of carbonyl (C=O) groups is 4. The van der Waals surface area contributed by atoms with Crippen molar-refractivity contribution in [3.63, 3.8) is 0 Å². The molecule has 2 heterocycles. The van der Waals surface area contributed by atoms with Crippen LogP contribution in [0.2, 0.25) is 0 Å². The lowest BCUT2D eigenvalue weighted by atomic mass is 9.47. The van der Waals surface area contributed by atoms with Crippen LogP contribution in [0.15, 0.2) is 98.1 Å². The average Bonchev–Trinajstić information content (AvgIpc) is 1.71. The van der Waals surface area contributed by atoms with Crippen LogP contribution in [0.5, 0.6) is 11.5 Å². The molecule has 9 unspecified atom stereocenters. The van der Waals surface area contributed by atoms with Gasteiger partial charge in [0.2, 0.25) is 0 Å². The van der Waals surface area contributed by atoms with Gasteiger partial charge in [-0.25, -0.2) is 33.9 Å². The second kappa shape index (κ2) is 38.7. The smallest absolute Gasteiger partial charge is 0.338 e. The van der Waals surface area contributed by atoms with Crippen molar-refractivity contribution < 1.29 is 76.6 Å². The van der Waals surface area contributed by atoms with Gasteiger partial charge < -0.3 is 37.9 Å². The number of fused-ring (bicyclic) bond motifs is 6. The van der Waals surface area contributed by atoms with E-state index < -0.39 is 36.4 Å². The quantitative estimate of drug-likeness (QED) is 0.0117. The molecule has 0 aromatic heterocycles. The average molecular weight is 1270 g/mol. The Morgan fingerprint density at radius 3 is 1.86 bits per heavy atom. The number of hydrogen-bond donors (Lipinski definition) is 0. The van der Waals surface area contributed by atoms with Crippen molar-refractivity contribution in [3.8, 4) is 11.5 Å². The van der Waals surface area contributed by atoms with E-state index in [0.29, 0.717) is 68.2 Å². The number of esters is 4. The summed E-state index contributed by atoms with van der Waals surface area (Å²) in [5.41, 5.74) is 3.76. The van der Waals surface area contributed by atoms with Crippen molar-refractivity contribution >= 4 is 23.9 Å². The van der Waals surface area contributed by atoms with E-state index in [4.69, 9.17) is 57.4 Å². The highest BCUT2D eigenvalue weighted by Crippen LogP contribution is 2.67. The molecule has 3 saturated carbocycles. The molecular weight excluding hydrogens is 1160 g/mol. The molecule has 0 amide bonds. The molecule has 2 saturated heterocycles. The molecule has 2 aromatic carbocycles. The van der Waals surface area contributed by atoms with Crippen LogP contribution in [-0.2, 0) is 69.0 Å². The van der Waals surface area contributed by atoms with Crippen molar-refractivity contribution in [3.05, 3.63) is 109 Å². The van der Waals surface area contributed by atoms with E-state index in [0.717, 1.165) is 143 Å². The molecule has 506 valence electrons. The fourth-order valence-electron chi connectivity index (χ4n) is 15.3. The Hall–Kier alpha value is -5.36. The molecule has 16 heteroatoms. The van der Waals surface area contributed by atoms with Gasteiger partial charge >= 0.3 is 23.9 Å². The summed E-state index contributed by atoms with van der Waals surface area (Å²) < 4.78 is 45.1. The number of rotatable bonds is 40. The zero-order chi connectivity index (χ0) is 64.9. The fraction of sp³-hybridized carbons (Fsp3) is 0.680. The third-order valence-corrected chi connectivity index (χ3v) is 20.3. The molecule has 16 nitrogen and oxygen atoms in total. The van der Waals surface area contributed by atoms with Gasteiger partial charge in [-0.1, -0.05) is 116 Å². The normalized spacial score (nSPS) is 26.5. The summed E-state index contributed by atoms with van der Waals surface area (Å²) in [7, 11) is 0. The molecule has 4 aliphatic carbocycles. The summed E-state index contributed by atoms with van der Waals surface area (Å²) in [5.74, 6) is 5.33. The second-order valence-electron chi connectivity index (χ2n) is 27.1. The van der Waals surface area contributed by atoms with Gasteiger partial charge in [0.25, 0.3) is 0 Å². The van der Waals surface area contributed by atoms with E-state index in [2.05, 4.69) is 60.4 Å². The van der Waals surface area contributed by atoms with E-state index in [-0.39, 0.29) is 37.9 Å². The molecule has 6 aliphatic rings. The summed E-state index contributed by atoms with van der Waals surface area (Å²) in [4.78, 5) is 68.7. The first kappa shape index (κ1) is 73.1. The highest BCUT2D eigenvalue weighted by atomic mass is 17.2. The number of hydrogen-bond acceptors (Lipinski definition) is 16. The molecule has 5 fully saturated rings. The molecule has 8 rings (SSSR count). The van der Waals surface area contributed by atoms with Crippen molar-refractivity contribution in [2.75, 3.05) is 52.9 Å². The molecule has 0 N–H and O–H groups in total. The maximum absolute atomic E-state index is 12.8. The van der Waals surface area contributed by atoms with Gasteiger partial charge in [-0.2, -0.15) is 0 Å². The van der Waals surface area contributed by atoms with E-state index in [1.54, 1.807) is 35.9 Å². The zero-order valence-corrected chi connectivity index (χ0v) is 55.8. The Labute approximate surface area is 544 Å². The van der Waals surface area contributed by atoms with Crippen molar-refractivity contribution in [1.29, 1.82) is 0 Å². The SMILES string of the molecule is C=CC(=O)OCCCCCCC(=O)OC1CC[C@@]2(C)C(=CCC3C4CCC(C(C)CCCC(C)C)[C@@]4(C)CCC32)C1.C=CCOOCCCCCCOc1ccc(COO[C@@H]2COC3C(OC(=O)c4ccc(OCCCCCCOC(=O)C=C)cc4)COC32)cc1. The number of allylic oxidation sites excluding steroid dienone is 1. The largest absolute Gasteiger partial charge is 0.494 e. The maximum atomic E-state index is 12.8. The Bertz CT molecular complexity index is 2560. The lowest BCUT2D eigenvalue weighted by molar-refractivity contribution is -0.341. The predicted molar refractivity (Wildman–Crippen MR) is 350 cm³/mol. The van der Waals surface area contributed by atoms with Crippen LogP contribution in [-0.4, -0.2) is 107 Å². The fourth-order valence-corrected chi connectivity index (χ4v) is 15.3. The standard InChI is InChI=1S/C38H50O12.C37H60O4/c1-3-21-46-47-25-12-8-7-10-22-41-31-17-13-29(14-18-31)26-48-50-34-28-45-36-33(27-44-37(34)36)49-38(40)30-15-19-32(20-16-30)42-23-9-5-6-11-24-43-35(39)4-2;1-7-34(38)40-24-11-9-8-10-15-35(39)41-29-20-22-36(5)28(25-29)16-17-30-32-19-18-31(27(4)14-12-13-26(2)3)37(32,6)23-21-33(30)36/h3-4,13-20,33-34,36-37H,1-2,5-12,21-28H2;7,16,26-27,29-33H,1,8-15,17-25H2,2-6H3/t33?,34-,36?,37?;27?,29?,30?,31?,32?,33?,36-,37+/m10/s1. The van der Waals surface area contributed by atoms with E-state index in [9.17, 15) is 19.2 Å². The topological polar surface area (TPSA) is 179 Å². The molecule has 91 heavy (non-hydrogen) atoms. The van der Waals surface area contributed by atoms with Gasteiger partial charge in [0, 0.05) is 25.0 Å². The minimum Gasteiger partial charge on any atom is -0.494 e. The first-order valence-corrected chi connectivity index (χ1v) is 34.6. The minimum atomic E-state index is -0.555. The Kier molecular flexibility index (Phi) is 31.1. The Morgan fingerprint density at radius 1 is 0.615 bits per heavy atom. The van der Waals surface area contributed by atoms with Crippen LogP contribution >= 0.6 is 0 Å². The van der Waals surface area contributed by atoms with E-state index >= 15 is 0 Å². The van der Waals surface area contributed by atoms with Crippen LogP contribution in [0.4, 0.5) is 0 Å². The van der Waals surface area contributed by atoms with Crippen LogP contribution in [0.1, 0.15) is 205 Å². The van der Waals surface area contributed by atoms with Crippen molar-refractivity contribution in [1.82, 2.24) is 0 Å². The number of unbranched alkanes of at least 4 members (excludes halogenated alkanes) is 9. The molecule has 2 aliphatic heterocycles. The van der Waals surface area contributed by atoms with Crippen molar-refractivity contribution in [2.45, 2.75) is 226 Å². The Morgan fingerprint density at radius 2 is 1.22 bits per heavy atom. The van der Waals surface area contributed by atoms with Crippen molar-refractivity contribution in [2.24, 2.45) is 46.3 Å². The minimum absolute atomic E-state index is 0.0427. The lowest BCUT2D eigenvalue weighted by Gasteiger charge is -2.58. The lowest BCUT2D eigenvalue weighted by Crippen LogP contribution is -2.51. The number of benzene rings is 2. The van der Waals surface area contributed by atoms with Crippen LogP contribution in [0, 0.1) is 46.3 Å². The summed E-state index contributed by atoms with van der Waals surface area (Å²) in [6.45, 7) is 26.6. The number of carbonyl (C=O) groups excluding carboxylic acids is 4. The summed E-state index contributed by atoms with van der Waals surface area (Å²) >= 11 is 0. The van der Waals surface area contributed by atoms with E-state index in [1.807, 2.05) is 24.3 Å². The van der Waals surface area contributed by atoms with Gasteiger partial charge in [-0.15, -0.1) is 6.58 Å². The van der Waals surface area contributed by atoms with Gasteiger partial charge in [-0.3, -0.25) is 4.79 Å². The molecule has 12 atom stereocenters. The zero-order valence-electron chi connectivity index (χ0n) is 55.8. The third kappa shape index (κ3) is 22.7. The Balaban J connectivity index is 0.000000263. The highest BCUT2D eigenvalue weighted by Gasteiger charge is 2.59. The first-order chi connectivity index (χ1) is 44.1. The molecular formula is C75H110O16. The first-order valence-electron chi connectivity index (χ1n) is 34.6. The molecule has 2 aromatic rings. The molecule has 0 radical (unpaired) electrons. The van der Waals surface area contributed by atoms with Crippen LogP contribution in [0.25, 0.3) is 0 Å². The summed E-state index contributed by atoms with van der Waals surface area (Å²) in [6.07, 6.45) is 30.7. The third-order valence-electron chi connectivity index (χ3n) is 20.3. The monoisotopic (exact) mass is 1270 g/mol.